The van der Waals surface area contributed by atoms with Crippen molar-refractivity contribution < 1.29 is 4.79 Å². The maximum Gasteiger partial charge on any atom is 0.245 e. The first-order valence-electron chi connectivity index (χ1n) is 6.17. The summed E-state index contributed by atoms with van der Waals surface area (Å²) in [5.74, 6) is 0.0684. The minimum absolute atomic E-state index is 0.0684. The molecule has 0 aromatic heterocycles. The van der Waals surface area contributed by atoms with E-state index in [9.17, 15) is 4.79 Å². The summed E-state index contributed by atoms with van der Waals surface area (Å²) in [6.45, 7) is 8.39. The lowest BCUT2D eigenvalue weighted by Crippen LogP contribution is -2.38. The lowest BCUT2D eigenvalue weighted by atomic mass is 10.1. The molecule has 19 heavy (non-hydrogen) atoms. The van der Waals surface area contributed by atoms with Crippen LogP contribution >= 0.6 is 24.0 Å². The quantitative estimate of drug-likeness (QED) is 0.867. The molecule has 1 aromatic rings. The van der Waals surface area contributed by atoms with Crippen LogP contribution in [0.25, 0.3) is 0 Å². The highest BCUT2D eigenvalue weighted by atomic mass is 32.2. The molecule has 102 valence electrons. The van der Waals surface area contributed by atoms with Crippen LogP contribution in [0.4, 0.5) is 5.69 Å². The predicted molar refractivity (Wildman–Crippen MR) is 85.5 cm³/mol. The number of thiocarbonyl (C=S) groups is 1. The molecular weight excluding hydrogens is 276 g/mol. The molecule has 1 N–H and O–H groups in total. The fourth-order valence-electron chi connectivity index (χ4n) is 1.88. The van der Waals surface area contributed by atoms with Crippen molar-refractivity contribution >= 4 is 39.9 Å². The van der Waals surface area contributed by atoms with E-state index in [2.05, 4.69) is 31.3 Å². The van der Waals surface area contributed by atoms with Gasteiger partial charge in [0.1, 0.15) is 4.32 Å². The van der Waals surface area contributed by atoms with E-state index in [1.807, 2.05) is 19.9 Å². The number of nitrogens with one attached hydrogen (secondary N) is 1. The number of nitrogens with zero attached hydrogens (tertiary/aromatic N) is 1. The summed E-state index contributed by atoms with van der Waals surface area (Å²) in [7, 11) is 0. The van der Waals surface area contributed by atoms with Crippen LogP contribution in [0.1, 0.15) is 25.0 Å². The van der Waals surface area contributed by atoms with E-state index in [-0.39, 0.29) is 5.91 Å². The molecule has 1 heterocycles. The molecule has 3 nitrogen and oxygen atoms in total. The Morgan fingerprint density at radius 3 is 2.53 bits per heavy atom. The number of benzene rings is 1. The molecule has 0 aliphatic carbocycles. The van der Waals surface area contributed by atoms with Gasteiger partial charge in [-0.2, -0.15) is 0 Å². The van der Waals surface area contributed by atoms with E-state index in [0.29, 0.717) is 11.0 Å². The molecule has 0 radical (unpaired) electrons. The standard InChI is InChI=1S/C14H18N2OS2/c1-9-5-6-11(7-10(9)2)15-8-16-12(17)14(3,4)19-13(16)18/h5-7,15H,8H2,1-4H3. The summed E-state index contributed by atoms with van der Waals surface area (Å²) in [4.78, 5) is 13.8. The SMILES string of the molecule is Cc1ccc(NCN2C(=O)C(C)(C)SC2=S)cc1C. The molecule has 0 saturated carbocycles. The maximum atomic E-state index is 12.2. The van der Waals surface area contributed by atoms with Crippen molar-refractivity contribution in [3.8, 4) is 0 Å². The van der Waals surface area contributed by atoms with Crippen LogP contribution in [-0.4, -0.2) is 26.5 Å². The maximum absolute atomic E-state index is 12.2. The van der Waals surface area contributed by atoms with Gasteiger partial charge in [-0.25, -0.2) is 0 Å². The van der Waals surface area contributed by atoms with Gasteiger partial charge in [-0.3, -0.25) is 9.69 Å². The molecular formula is C14H18N2OS2. The smallest absolute Gasteiger partial charge is 0.245 e. The molecule has 1 aromatic carbocycles. The largest absolute Gasteiger partial charge is 0.367 e. The van der Waals surface area contributed by atoms with Gasteiger partial charge in [-0.15, -0.1) is 0 Å². The van der Waals surface area contributed by atoms with Crippen LogP contribution in [0, 0.1) is 13.8 Å². The molecule has 1 aliphatic heterocycles. The topological polar surface area (TPSA) is 32.3 Å². The fraction of sp³-hybridized carbons (Fsp3) is 0.429. The average Bonchev–Trinajstić information content (AvgIpc) is 2.51. The third-order valence-corrected chi connectivity index (χ3v) is 4.82. The Bertz CT molecular complexity index is 540. The monoisotopic (exact) mass is 294 g/mol. The second-order valence-corrected chi connectivity index (χ2v) is 7.50. The van der Waals surface area contributed by atoms with Crippen molar-refractivity contribution in [3.63, 3.8) is 0 Å². The zero-order valence-corrected chi connectivity index (χ0v) is 13.2. The van der Waals surface area contributed by atoms with E-state index in [4.69, 9.17) is 12.2 Å². The number of thioether (sulfide) groups is 1. The van der Waals surface area contributed by atoms with Crippen LogP contribution in [0.15, 0.2) is 18.2 Å². The van der Waals surface area contributed by atoms with Crippen LogP contribution < -0.4 is 5.32 Å². The molecule has 5 heteroatoms. The van der Waals surface area contributed by atoms with Crippen molar-refractivity contribution in [2.45, 2.75) is 32.4 Å². The van der Waals surface area contributed by atoms with E-state index in [0.717, 1.165) is 5.69 Å². The van der Waals surface area contributed by atoms with E-state index >= 15 is 0 Å². The third kappa shape index (κ3) is 2.92. The summed E-state index contributed by atoms with van der Waals surface area (Å²) >= 11 is 6.70. The number of amides is 1. The predicted octanol–water partition coefficient (Wildman–Crippen LogP) is 3.31. The molecule has 1 saturated heterocycles. The van der Waals surface area contributed by atoms with Gasteiger partial charge >= 0.3 is 0 Å². The highest BCUT2D eigenvalue weighted by Crippen LogP contribution is 2.36. The number of carbonyl (C=O) groups excluding carboxylic acids is 1. The lowest BCUT2D eigenvalue weighted by molar-refractivity contribution is -0.128. The van der Waals surface area contributed by atoms with Gasteiger partial charge in [0.25, 0.3) is 0 Å². The van der Waals surface area contributed by atoms with Gasteiger partial charge in [0.15, 0.2) is 0 Å². The van der Waals surface area contributed by atoms with Crippen molar-refractivity contribution in [2.75, 3.05) is 12.0 Å². The van der Waals surface area contributed by atoms with Gasteiger partial charge in [0.05, 0.1) is 11.4 Å². The van der Waals surface area contributed by atoms with Gasteiger partial charge in [-0.1, -0.05) is 30.0 Å². The van der Waals surface area contributed by atoms with E-state index in [1.54, 1.807) is 4.90 Å². The average molecular weight is 294 g/mol. The zero-order valence-electron chi connectivity index (χ0n) is 11.6. The fourth-order valence-corrected chi connectivity index (χ4v) is 3.55. The number of hydrogen-bond acceptors (Lipinski definition) is 4. The Balaban J connectivity index is 2.05. The Hall–Kier alpha value is -1.07. The van der Waals surface area contributed by atoms with Crippen LogP contribution in [0.5, 0.6) is 0 Å². The first kappa shape index (κ1) is 14.3. The molecule has 0 bridgehead atoms. The minimum atomic E-state index is -0.443. The molecule has 2 rings (SSSR count). The Kier molecular flexibility index (Phi) is 3.87. The van der Waals surface area contributed by atoms with Crippen molar-refractivity contribution in [2.24, 2.45) is 0 Å². The van der Waals surface area contributed by atoms with Gasteiger partial charge in [0, 0.05) is 5.69 Å². The molecule has 1 aliphatic rings. The van der Waals surface area contributed by atoms with E-state index < -0.39 is 4.75 Å². The summed E-state index contributed by atoms with van der Waals surface area (Å²) in [5.41, 5.74) is 3.50. The zero-order chi connectivity index (χ0) is 14.2. The summed E-state index contributed by atoms with van der Waals surface area (Å²) in [6.07, 6.45) is 0. The Morgan fingerprint density at radius 1 is 1.32 bits per heavy atom. The number of aryl methyl sites for hydroxylation is 2. The highest BCUT2D eigenvalue weighted by Gasteiger charge is 2.43. The molecule has 0 atom stereocenters. The van der Waals surface area contributed by atoms with E-state index in [1.165, 1.54) is 22.9 Å². The molecule has 0 unspecified atom stereocenters. The highest BCUT2D eigenvalue weighted by molar-refractivity contribution is 8.24. The van der Waals surface area contributed by atoms with Crippen LogP contribution in [0.3, 0.4) is 0 Å². The van der Waals surface area contributed by atoms with Gasteiger partial charge < -0.3 is 5.32 Å². The molecule has 1 amide bonds. The van der Waals surface area contributed by atoms with Crippen LogP contribution in [-0.2, 0) is 4.79 Å². The number of hydrogen-bond donors (Lipinski definition) is 1. The minimum Gasteiger partial charge on any atom is -0.367 e. The molecule has 1 fully saturated rings. The third-order valence-electron chi connectivity index (χ3n) is 3.27. The first-order chi connectivity index (χ1) is 8.81. The van der Waals surface area contributed by atoms with Crippen LogP contribution in [0.2, 0.25) is 0 Å². The van der Waals surface area contributed by atoms with Gasteiger partial charge in [-0.05, 0) is 51.0 Å². The number of rotatable bonds is 3. The lowest BCUT2D eigenvalue weighted by Gasteiger charge is -2.19. The first-order valence-corrected chi connectivity index (χ1v) is 7.40. The summed E-state index contributed by atoms with van der Waals surface area (Å²) in [6, 6.07) is 6.17. The van der Waals surface area contributed by atoms with Crippen molar-refractivity contribution in [3.05, 3.63) is 29.3 Å². The normalized spacial score (nSPS) is 18.0. The number of anilines is 1. The van der Waals surface area contributed by atoms with Crippen molar-refractivity contribution in [1.82, 2.24) is 4.90 Å². The summed E-state index contributed by atoms with van der Waals surface area (Å²) in [5, 5.41) is 3.26. The second kappa shape index (κ2) is 5.13. The second-order valence-electron chi connectivity index (χ2n) is 5.25. The Morgan fingerprint density at radius 2 is 2.00 bits per heavy atom. The van der Waals surface area contributed by atoms with Crippen molar-refractivity contribution in [1.29, 1.82) is 0 Å². The Labute approximate surface area is 123 Å². The number of carbonyl (C=O) groups is 1. The van der Waals surface area contributed by atoms with Gasteiger partial charge in [0.2, 0.25) is 5.91 Å². The summed E-state index contributed by atoms with van der Waals surface area (Å²) < 4.78 is 0.202. The molecule has 0 spiro atoms.